The van der Waals surface area contributed by atoms with Crippen molar-refractivity contribution < 1.29 is 27.8 Å². The molecule has 0 bridgehead atoms. The van der Waals surface area contributed by atoms with Gasteiger partial charge in [0.2, 0.25) is 6.29 Å². The van der Waals surface area contributed by atoms with Crippen LogP contribution in [0, 0.1) is 18.6 Å². The van der Waals surface area contributed by atoms with Crippen LogP contribution < -0.4 is 4.74 Å². The highest BCUT2D eigenvalue weighted by Crippen LogP contribution is 2.35. The number of hydrogen-bond acceptors (Lipinski definition) is 6. The molecular weight excluding hydrogens is 506 g/mol. The van der Waals surface area contributed by atoms with E-state index in [0.29, 0.717) is 39.2 Å². The molecule has 0 aliphatic carbocycles. The van der Waals surface area contributed by atoms with Gasteiger partial charge in [0, 0.05) is 23.8 Å². The number of para-hydroxylation sites is 1. The van der Waals surface area contributed by atoms with E-state index in [4.69, 9.17) is 25.8 Å². The van der Waals surface area contributed by atoms with Gasteiger partial charge in [-0.05, 0) is 43.7 Å². The average molecular weight is 529 g/mol. The summed E-state index contributed by atoms with van der Waals surface area (Å²) in [6, 6.07) is 9.16. The van der Waals surface area contributed by atoms with Crippen LogP contribution in [0.2, 0.25) is 5.02 Å². The quantitative estimate of drug-likeness (QED) is 0.305. The van der Waals surface area contributed by atoms with Gasteiger partial charge in [0.05, 0.1) is 35.7 Å². The molecule has 8 nitrogen and oxygen atoms in total. The molecule has 37 heavy (non-hydrogen) atoms. The smallest absolute Gasteiger partial charge is 0.412 e. The zero-order valence-electron chi connectivity index (χ0n) is 20.2. The minimum absolute atomic E-state index is 0.0180. The molecule has 5 rings (SSSR count). The second-order valence-corrected chi connectivity index (χ2v) is 9.07. The lowest BCUT2D eigenvalue weighted by atomic mass is 10.0. The highest BCUT2D eigenvalue weighted by Gasteiger charge is 2.36. The summed E-state index contributed by atoms with van der Waals surface area (Å²) in [5.74, 6) is -0.541. The maximum Gasteiger partial charge on any atom is 0.412 e. The summed E-state index contributed by atoms with van der Waals surface area (Å²) in [5.41, 5.74) is 2.88. The second-order valence-electron chi connectivity index (χ2n) is 8.66. The zero-order valence-corrected chi connectivity index (χ0v) is 21.0. The van der Waals surface area contributed by atoms with Crippen LogP contribution in [0.5, 0.6) is 5.75 Å². The summed E-state index contributed by atoms with van der Waals surface area (Å²) in [6.45, 7) is 3.74. The molecule has 2 atom stereocenters. The number of carbonyl (C=O) groups is 1. The van der Waals surface area contributed by atoms with Gasteiger partial charge < -0.3 is 14.2 Å². The van der Waals surface area contributed by atoms with Crippen molar-refractivity contribution in [2.45, 2.75) is 32.8 Å². The molecule has 0 spiro atoms. The maximum atomic E-state index is 14.4. The number of amides is 1. The molecule has 3 heterocycles. The molecule has 192 valence electrons. The van der Waals surface area contributed by atoms with Gasteiger partial charge in [0.1, 0.15) is 23.7 Å². The van der Waals surface area contributed by atoms with Gasteiger partial charge in [-0.15, -0.1) is 0 Å². The van der Waals surface area contributed by atoms with E-state index in [1.54, 1.807) is 25.1 Å². The Morgan fingerprint density at radius 2 is 2.05 bits per heavy atom. The number of aryl methyl sites for hydroxylation is 1. The van der Waals surface area contributed by atoms with Crippen LogP contribution in [0.4, 0.5) is 13.6 Å². The van der Waals surface area contributed by atoms with Crippen LogP contribution in [0.3, 0.4) is 0 Å². The Kier molecular flexibility index (Phi) is 6.70. The van der Waals surface area contributed by atoms with Gasteiger partial charge >= 0.3 is 6.09 Å². The first kappa shape index (κ1) is 24.9. The van der Waals surface area contributed by atoms with Crippen LogP contribution in [0.1, 0.15) is 29.8 Å². The van der Waals surface area contributed by atoms with Gasteiger partial charge in [-0.1, -0.05) is 23.7 Å². The first-order valence-corrected chi connectivity index (χ1v) is 11.8. The minimum Gasteiger partial charge on any atom is -0.487 e. The molecule has 2 aromatic heterocycles. The number of nitrogens with zero attached hydrogens (tertiary/aromatic N) is 4. The molecule has 0 N–H and O–H groups in total. The number of cyclic esters (lactones) is 1. The van der Waals surface area contributed by atoms with Crippen molar-refractivity contribution in [3.63, 3.8) is 0 Å². The minimum atomic E-state index is -0.707. The molecule has 1 fully saturated rings. The topological polar surface area (TPSA) is 78.7 Å². The predicted molar refractivity (Wildman–Crippen MR) is 132 cm³/mol. The number of fused-ring (bicyclic) bond motifs is 1. The Hall–Kier alpha value is -3.76. The molecule has 11 heteroatoms. The van der Waals surface area contributed by atoms with E-state index in [-0.39, 0.29) is 18.2 Å². The largest absolute Gasteiger partial charge is 0.487 e. The molecule has 1 aliphatic rings. The van der Waals surface area contributed by atoms with Crippen LogP contribution in [-0.4, -0.2) is 45.7 Å². The van der Waals surface area contributed by atoms with Crippen LogP contribution in [-0.2, 0) is 16.1 Å². The Morgan fingerprint density at radius 1 is 1.24 bits per heavy atom. The molecule has 2 aromatic carbocycles. The first-order chi connectivity index (χ1) is 17.7. The fourth-order valence-corrected chi connectivity index (χ4v) is 4.69. The van der Waals surface area contributed by atoms with Gasteiger partial charge in [0.15, 0.2) is 5.82 Å². The number of pyridine rings is 1. The number of ether oxygens (including phenoxy) is 3. The third kappa shape index (κ3) is 4.82. The number of carbonyl (C=O) groups excluding carboxylic acids is 1. The predicted octanol–water partition coefficient (Wildman–Crippen LogP) is 5.73. The van der Waals surface area contributed by atoms with Crippen molar-refractivity contribution in [3.05, 3.63) is 82.3 Å². The number of benzene rings is 2. The van der Waals surface area contributed by atoms with Crippen molar-refractivity contribution in [1.29, 1.82) is 0 Å². The molecule has 0 radical (unpaired) electrons. The summed E-state index contributed by atoms with van der Waals surface area (Å²) >= 11 is 6.45. The normalized spacial score (nSPS) is 16.3. The number of halogens is 3. The van der Waals surface area contributed by atoms with E-state index in [2.05, 4.69) is 10.1 Å². The first-order valence-electron chi connectivity index (χ1n) is 11.5. The average Bonchev–Trinajstić information content (AvgIpc) is 3.47. The highest BCUT2D eigenvalue weighted by atomic mass is 35.5. The Bertz CT molecular complexity index is 1500. The van der Waals surface area contributed by atoms with Crippen molar-refractivity contribution in [2.24, 2.45) is 0 Å². The summed E-state index contributed by atoms with van der Waals surface area (Å²) in [6.07, 6.45) is 1.14. The van der Waals surface area contributed by atoms with Crippen LogP contribution >= 0.6 is 11.6 Å². The molecule has 4 aromatic rings. The van der Waals surface area contributed by atoms with E-state index >= 15 is 0 Å². The number of hydrogen-bond donors (Lipinski definition) is 0. The SMILES string of the molecule is COC1CN([C@@H](C)c2cc(F)cc(Cl)c2COc2cccc3c(-n4cc(F)cn4)cc(C)nc23)C(=O)O1. The second kappa shape index (κ2) is 9.95. The standard InChI is InChI=1S/C26H23ClF2N4O4/c1-14-7-22(33-11-17(29)10-30-33)18-5-4-6-23(25(18)31-14)36-13-20-19(8-16(28)9-21(20)27)15(2)32-12-24(35-3)37-26(32)34/h4-11,15,24H,12-13H2,1-3H3/t15-,24?/m0/s1. The molecule has 1 amide bonds. The Labute approximate surface area is 216 Å². The third-order valence-corrected chi connectivity index (χ3v) is 6.60. The molecule has 1 aliphatic heterocycles. The zero-order chi connectivity index (χ0) is 26.3. The summed E-state index contributed by atoms with van der Waals surface area (Å²) in [4.78, 5) is 18.4. The van der Waals surface area contributed by atoms with Crippen molar-refractivity contribution >= 4 is 28.6 Å². The number of rotatable bonds is 7. The lowest BCUT2D eigenvalue weighted by Crippen LogP contribution is -2.29. The third-order valence-electron chi connectivity index (χ3n) is 6.27. The monoisotopic (exact) mass is 528 g/mol. The lowest BCUT2D eigenvalue weighted by Gasteiger charge is -2.25. The molecule has 1 saturated heterocycles. The van der Waals surface area contributed by atoms with Crippen LogP contribution in [0.15, 0.2) is 48.8 Å². The van der Waals surface area contributed by atoms with Crippen molar-refractivity contribution in [1.82, 2.24) is 19.7 Å². The van der Waals surface area contributed by atoms with Gasteiger partial charge in [-0.25, -0.2) is 23.2 Å². The molecule has 1 unspecified atom stereocenters. The van der Waals surface area contributed by atoms with Gasteiger partial charge in [-0.2, -0.15) is 5.10 Å². The summed E-state index contributed by atoms with van der Waals surface area (Å²) < 4.78 is 45.9. The van der Waals surface area contributed by atoms with E-state index in [9.17, 15) is 13.6 Å². The number of aromatic nitrogens is 3. The highest BCUT2D eigenvalue weighted by molar-refractivity contribution is 6.31. The van der Waals surface area contributed by atoms with E-state index < -0.39 is 30.1 Å². The van der Waals surface area contributed by atoms with Crippen molar-refractivity contribution in [3.8, 4) is 11.4 Å². The van der Waals surface area contributed by atoms with E-state index in [1.807, 2.05) is 13.0 Å². The lowest BCUT2D eigenvalue weighted by molar-refractivity contribution is -0.0497. The Balaban J connectivity index is 1.49. The van der Waals surface area contributed by atoms with Crippen LogP contribution in [0.25, 0.3) is 16.6 Å². The fourth-order valence-electron chi connectivity index (χ4n) is 4.42. The Morgan fingerprint density at radius 3 is 2.76 bits per heavy atom. The fraction of sp³-hybridized carbons (Fsp3) is 0.269. The molecular formula is C26H23ClF2N4O4. The van der Waals surface area contributed by atoms with Gasteiger partial charge in [0.25, 0.3) is 0 Å². The number of methoxy groups -OCH3 is 1. The maximum absolute atomic E-state index is 14.4. The summed E-state index contributed by atoms with van der Waals surface area (Å²) in [7, 11) is 1.44. The van der Waals surface area contributed by atoms with E-state index in [0.717, 1.165) is 6.20 Å². The van der Waals surface area contributed by atoms with Gasteiger partial charge in [-0.3, -0.25) is 4.90 Å². The summed E-state index contributed by atoms with van der Waals surface area (Å²) in [5, 5.41) is 4.94. The van der Waals surface area contributed by atoms with Crippen molar-refractivity contribution in [2.75, 3.05) is 13.7 Å². The van der Waals surface area contributed by atoms with E-state index in [1.165, 1.54) is 35.0 Å². The molecule has 0 saturated carbocycles.